The summed E-state index contributed by atoms with van der Waals surface area (Å²) in [4.78, 5) is 20.4. The first-order chi connectivity index (χ1) is 10.2. The van der Waals surface area contributed by atoms with Gasteiger partial charge in [0, 0.05) is 6.54 Å². The van der Waals surface area contributed by atoms with Gasteiger partial charge in [-0.2, -0.15) is 0 Å². The fourth-order valence-electron chi connectivity index (χ4n) is 1.89. The summed E-state index contributed by atoms with van der Waals surface area (Å²) < 4.78 is 0. The number of hydrogen-bond donors (Lipinski definition) is 2. The van der Waals surface area contributed by atoms with E-state index in [-0.39, 0.29) is 11.9 Å². The molecule has 1 aromatic heterocycles. The zero-order chi connectivity index (χ0) is 15.1. The second kappa shape index (κ2) is 7.38. The molecular weight excluding hydrogens is 264 g/mol. The molecule has 1 unspecified atom stereocenters. The molecule has 1 heterocycles. The Morgan fingerprint density at radius 3 is 2.57 bits per heavy atom. The molecule has 1 amide bonds. The van der Waals surface area contributed by atoms with Crippen LogP contribution in [0, 0.1) is 0 Å². The lowest BCUT2D eigenvalue weighted by atomic mass is 10.1. The van der Waals surface area contributed by atoms with Crippen molar-refractivity contribution in [1.29, 1.82) is 0 Å². The van der Waals surface area contributed by atoms with Crippen LogP contribution in [0.1, 0.15) is 42.4 Å². The molecule has 0 radical (unpaired) electrons. The normalized spacial score (nSPS) is 11.7. The van der Waals surface area contributed by atoms with Gasteiger partial charge in [0.2, 0.25) is 0 Å². The zero-order valence-corrected chi connectivity index (χ0v) is 12.3. The van der Waals surface area contributed by atoms with Crippen LogP contribution in [0.5, 0.6) is 0 Å². The lowest BCUT2D eigenvalue weighted by Crippen LogP contribution is -2.27. The Morgan fingerprint density at radius 2 is 1.95 bits per heavy atom. The first-order valence-corrected chi connectivity index (χ1v) is 7.12. The van der Waals surface area contributed by atoms with Gasteiger partial charge in [-0.25, -0.2) is 9.97 Å². The van der Waals surface area contributed by atoms with Crippen molar-refractivity contribution in [2.45, 2.75) is 26.3 Å². The van der Waals surface area contributed by atoms with Gasteiger partial charge in [0.1, 0.15) is 11.5 Å². The molecule has 21 heavy (non-hydrogen) atoms. The smallest absolute Gasteiger partial charge is 0.271 e. The minimum atomic E-state index is -0.221. The van der Waals surface area contributed by atoms with Crippen LogP contribution in [0.2, 0.25) is 0 Å². The number of anilines is 1. The van der Waals surface area contributed by atoms with E-state index in [2.05, 4.69) is 27.5 Å². The van der Waals surface area contributed by atoms with Crippen LogP contribution in [-0.4, -0.2) is 22.4 Å². The van der Waals surface area contributed by atoms with Crippen molar-refractivity contribution in [3.8, 4) is 0 Å². The van der Waals surface area contributed by atoms with E-state index in [4.69, 9.17) is 0 Å². The number of amides is 1. The predicted molar refractivity (Wildman–Crippen MR) is 83.1 cm³/mol. The largest absolute Gasteiger partial charge is 0.369 e. The van der Waals surface area contributed by atoms with Crippen molar-refractivity contribution in [3.05, 3.63) is 54.0 Å². The molecule has 0 fully saturated rings. The van der Waals surface area contributed by atoms with Crippen LogP contribution >= 0.6 is 0 Å². The lowest BCUT2D eigenvalue weighted by Gasteiger charge is -2.13. The second-order valence-electron chi connectivity index (χ2n) is 4.82. The summed E-state index contributed by atoms with van der Waals surface area (Å²) in [5.74, 6) is 0.463. The van der Waals surface area contributed by atoms with Gasteiger partial charge in [-0.05, 0) is 18.9 Å². The summed E-state index contributed by atoms with van der Waals surface area (Å²) in [6.07, 6.45) is 4.08. The van der Waals surface area contributed by atoms with Crippen molar-refractivity contribution in [1.82, 2.24) is 15.3 Å². The molecule has 0 saturated carbocycles. The Bertz CT molecular complexity index is 569. The molecule has 0 bridgehead atoms. The number of carbonyl (C=O) groups excluding carboxylic acids is 1. The van der Waals surface area contributed by atoms with E-state index < -0.39 is 0 Å². The third-order valence-corrected chi connectivity index (χ3v) is 3.09. The number of aromatic nitrogens is 2. The maximum absolute atomic E-state index is 12.1. The molecule has 0 saturated heterocycles. The van der Waals surface area contributed by atoms with E-state index in [1.807, 2.05) is 37.3 Å². The summed E-state index contributed by atoms with van der Waals surface area (Å²) in [5, 5.41) is 6.04. The molecule has 5 heteroatoms. The molecule has 2 N–H and O–H groups in total. The molecule has 0 spiro atoms. The van der Waals surface area contributed by atoms with Crippen molar-refractivity contribution >= 4 is 11.7 Å². The van der Waals surface area contributed by atoms with E-state index in [1.165, 1.54) is 6.20 Å². The van der Waals surface area contributed by atoms with Crippen molar-refractivity contribution < 1.29 is 4.79 Å². The Kier molecular flexibility index (Phi) is 5.26. The quantitative estimate of drug-likeness (QED) is 0.856. The van der Waals surface area contributed by atoms with Crippen LogP contribution in [0.4, 0.5) is 5.82 Å². The fraction of sp³-hybridized carbons (Fsp3) is 0.312. The molecule has 1 atom stereocenters. The Labute approximate surface area is 124 Å². The molecule has 2 aromatic rings. The van der Waals surface area contributed by atoms with Gasteiger partial charge in [-0.1, -0.05) is 37.3 Å². The highest BCUT2D eigenvalue weighted by Gasteiger charge is 2.12. The third-order valence-electron chi connectivity index (χ3n) is 3.09. The standard InChI is InChI=1S/C16H20N4O/c1-3-9-17-15-11-18-14(10-19-15)16(21)20-12(2)13-7-5-4-6-8-13/h4-8,10-12H,3,9H2,1-2H3,(H,17,19)(H,20,21). The summed E-state index contributed by atoms with van der Waals surface area (Å²) in [6, 6.07) is 9.74. The van der Waals surface area contributed by atoms with Gasteiger partial charge in [-0.15, -0.1) is 0 Å². The van der Waals surface area contributed by atoms with Gasteiger partial charge in [0.25, 0.3) is 5.91 Å². The van der Waals surface area contributed by atoms with Gasteiger partial charge in [0.15, 0.2) is 0 Å². The monoisotopic (exact) mass is 284 g/mol. The first-order valence-electron chi connectivity index (χ1n) is 7.12. The first kappa shape index (κ1) is 15.0. The molecule has 0 aliphatic heterocycles. The van der Waals surface area contributed by atoms with E-state index in [9.17, 15) is 4.79 Å². The highest BCUT2D eigenvalue weighted by molar-refractivity contribution is 5.92. The molecule has 1 aromatic carbocycles. The third kappa shape index (κ3) is 4.27. The Morgan fingerprint density at radius 1 is 1.19 bits per heavy atom. The topological polar surface area (TPSA) is 66.9 Å². The van der Waals surface area contributed by atoms with Crippen LogP contribution in [0.25, 0.3) is 0 Å². The molecule has 0 aliphatic rings. The molecule has 2 rings (SSSR count). The van der Waals surface area contributed by atoms with E-state index in [1.54, 1.807) is 6.20 Å². The predicted octanol–water partition coefficient (Wildman–Crippen LogP) is 2.79. The summed E-state index contributed by atoms with van der Waals surface area (Å²) in [7, 11) is 0. The summed E-state index contributed by atoms with van der Waals surface area (Å²) in [5.41, 5.74) is 1.37. The highest BCUT2D eigenvalue weighted by Crippen LogP contribution is 2.12. The fourth-order valence-corrected chi connectivity index (χ4v) is 1.89. The average Bonchev–Trinajstić information content (AvgIpc) is 2.54. The number of carbonyl (C=O) groups is 1. The Balaban J connectivity index is 1.97. The van der Waals surface area contributed by atoms with E-state index >= 15 is 0 Å². The van der Waals surface area contributed by atoms with Gasteiger partial charge >= 0.3 is 0 Å². The van der Waals surface area contributed by atoms with Gasteiger partial charge in [-0.3, -0.25) is 4.79 Å². The SMILES string of the molecule is CCCNc1cnc(C(=O)NC(C)c2ccccc2)cn1. The minimum absolute atomic E-state index is 0.0709. The molecule has 110 valence electrons. The summed E-state index contributed by atoms with van der Waals surface area (Å²) >= 11 is 0. The van der Waals surface area contributed by atoms with Crippen molar-refractivity contribution in [3.63, 3.8) is 0 Å². The molecule has 0 aliphatic carbocycles. The number of rotatable bonds is 6. The molecular formula is C16H20N4O. The van der Waals surface area contributed by atoms with Crippen molar-refractivity contribution in [2.75, 3.05) is 11.9 Å². The Hall–Kier alpha value is -2.43. The number of nitrogens with zero attached hydrogens (tertiary/aromatic N) is 2. The second-order valence-corrected chi connectivity index (χ2v) is 4.82. The number of benzene rings is 1. The maximum Gasteiger partial charge on any atom is 0.271 e. The number of hydrogen-bond acceptors (Lipinski definition) is 4. The maximum atomic E-state index is 12.1. The van der Waals surface area contributed by atoms with Crippen LogP contribution in [0.3, 0.4) is 0 Å². The van der Waals surface area contributed by atoms with E-state index in [0.29, 0.717) is 11.5 Å². The van der Waals surface area contributed by atoms with Gasteiger partial charge < -0.3 is 10.6 Å². The highest BCUT2D eigenvalue weighted by atomic mass is 16.1. The van der Waals surface area contributed by atoms with Crippen molar-refractivity contribution in [2.24, 2.45) is 0 Å². The molecule has 5 nitrogen and oxygen atoms in total. The number of nitrogens with one attached hydrogen (secondary N) is 2. The zero-order valence-electron chi connectivity index (χ0n) is 12.3. The van der Waals surface area contributed by atoms with Gasteiger partial charge in [0.05, 0.1) is 18.4 Å². The summed E-state index contributed by atoms with van der Waals surface area (Å²) in [6.45, 7) is 4.86. The lowest BCUT2D eigenvalue weighted by molar-refractivity contribution is 0.0934. The van der Waals surface area contributed by atoms with E-state index in [0.717, 1.165) is 18.5 Å². The van der Waals surface area contributed by atoms with Crippen LogP contribution in [0.15, 0.2) is 42.7 Å². The van der Waals surface area contributed by atoms with Crippen LogP contribution < -0.4 is 10.6 Å². The minimum Gasteiger partial charge on any atom is -0.369 e. The average molecular weight is 284 g/mol. The van der Waals surface area contributed by atoms with Crippen LogP contribution in [-0.2, 0) is 0 Å².